The number of aromatic nitrogens is 1. The Labute approximate surface area is 196 Å². The highest BCUT2D eigenvalue weighted by Crippen LogP contribution is 2.48. The number of anilines is 1. The first-order chi connectivity index (χ1) is 16.5. The number of pyridine rings is 1. The van der Waals surface area contributed by atoms with Crippen LogP contribution in [-0.2, 0) is 12.1 Å². The molecule has 0 unspecified atom stereocenters. The van der Waals surface area contributed by atoms with Gasteiger partial charge in [-0.1, -0.05) is 18.2 Å². The van der Waals surface area contributed by atoms with E-state index in [4.69, 9.17) is 0 Å². The predicted molar refractivity (Wildman–Crippen MR) is 116 cm³/mol. The van der Waals surface area contributed by atoms with E-state index >= 15 is 0 Å². The molecule has 1 aliphatic heterocycles. The zero-order valence-corrected chi connectivity index (χ0v) is 18.8. The second kappa shape index (κ2) is 9.21. The van der Waals surface area contributed by atoms with E-state index in [-0.39, 0.29) is 49.3 Å². The molecule has 1 saturated heterocycles. The van der Waals surface area contributed by atoms with Gasteiger partial charge in [0.05, 0.1) is 23.4 Å². The van der Waals surface area contributed by atoms with Gasteiger partial charge in [-0.25, -0.2) is 26.3 Å². The number of halogens is 6. The molecule has 1 aromatic carbocycles. The van der Waals surface area contributed by atoms with E-state index in [2.05, 4.69) is 10.6 Å². The van der Waals surface area contributed by atoms with Crippen LogP contribution in [0.15, 0.2) is 35.3 Å². The Kier molecular flexibility index (Phi) is 6.60. The Hall–Kier alpha value is -3.02. The molecule has 1 saturated carbocycles. The SMILES string of the molecule is CN1CC(F)(CNc2cc(=O)n(C3(C(F)F)CC3)cc2C(=O)NCc2cccc(C(F)F)c2F)C1. The average Bonchev–Trinajstić information content (AvgIpc) is 3.57. The Morgan fingerprint density at radius 1 is 1.17 bits per heavy atom. The minimum Gasteiger partial charge on any atom is -0.381 e. The zero-order valence-electron chi connectivity index (χ0n) is 18.8. The monoisotopic (exact) mass is 502 g/mol. The highest BCUT2D eigenvalue weighted by molar-refractivity contribution is 5.99. The lowest BCUT2D eigenvalue weighted by atomic mass is 9.97. The van der Waals surface area contributed by atoms with E-state index in [1.807, 2.05) is 0 Å². The van der Waals surface area contributed by atoms with Crippen molar-refractivity contribution in [2.45, 2.75) is 43.4 Å². The maximum Gasteiger partial charge on any atom is 0.266 e. The summed E-state index contributed by atoms with van der Waals surface area (Å²) in [7, 11) is 1.72. The van der Waals surface area contributed by atoms with Crippen molar-refractivity contribution in [1.29, 1.82) is 0 Å². The smallest absolute Gasteiger partial charge is 0.266 e. The minimum atomic E-state index is -3.05. The van der Waals surface area contributed by atoms with Gasteiger partial charge in [0.15, 0.2) is 5.67 Å². The van der Waals surface area contributed by atoms with Crippen molar-refractivity contribution >= 4 is 11.6 Å². The normalized spacial score (nSPS) is 18.4. The second-order valence-electron chi connectivity index (χ2n) is 9.19. The topological polar surface area (TPSA) is 66.4 Å². The molecular formula is C23H24F6N4O2. The molecule has 0 spiro atoms. The van der Waals surface area contributed by atoms with Gasteiger partial charge in [0.25, 0.3) is 24.3 Å². The molecule has 190 valence electrons. The lowest BCUT2D eigenvalue weighted by Crippen LogP contribution is -2.60. The largest absolute Gasteiger partial charge is 0.381 e. The van der Waals surface area contributed by atoms with Gasteiger partial charge in [-0.15, -0.1) is 0 Å². The molecule has 0 atom stereocenters. The van der Waals surface area contributed by atoms with Crippen LogP contribution in [0.5, 0.6) is 0 Å². The van der Waals surface area contributed by atoms with Crippen LogP contribution < -0.4 is 16.2 Å². The lowest BCUT2D eigenvalue weighted by molar-refractivity contribution is -0.00383. The maximum atomic E-state index is 14.7. The van der Waals surface area contributed by atoms with Crippen molar-refractivity contribution in [3.8, 4) is 0 Å². The molecule has 2 N–H and O–H groups in total. The molecule has 0 radical (unpaired) electrons. The van der Waals surface area contributed by atoms with Gasteiger partial charge in [-0.2, -0.15) is 0 Å². The average molecular weight is 502 g/mol. The number of amides is 1. The van der Waals surface area contributed by atoms with Gasteiger partial charge in [0, 0.05) is 37.5 Å². The Balaban J connectivity index is 1.61. The molecule has 6 nitrogen and oxygen atoms in total. The number of likely N-dealkylation sites (tertiary alicyclic amines) is 1. The summed E-state index contributed by atoms with van der Waals surface area (Å²) in [6.45, 7) is -0.437. The summed E-state index contributed by atoms with van der Waals surface area (Å²) in [6.07, 6.45) is -4.81. The fraction of sp³-hybridized carbons (Fsp3) is 0.478. The molecule has 2 fully saturated rings. The van der Waals surface area contributed by atoms with Crippen molar-refractivity contribution < 1.29 is 31.1 Å². The number of hydrogen-bond acceptors (Lipinski definition) is 4. The van der Waals surface area contributed by atoms with E-state index in [0.29, 0.717) is 0 Å². The molecule has 1 amide bonds. The van der Waals surface area contributed by atoms with Crippen LogP contribution in [0, 0.1) is 5.82 Å². The molecule has 1 aromatic heterocycles. The Morgan fingerprint density at radius 3 is 2.43 bits per heavy atom. The van der Waals surface area contributed by atoms with Crippen LogP contribution in [0.25, 0.3) is 0 Å². The molecule has 0 bridgehead atoms. The minimum absolute atomic E-state index is 0.0456. The van der Waals surface area contributed by atoms with Gasteiger partial charge < -0.3 is 15.2 Å². The van der Waals surface area contributed by atoms with Crippen LogP contribution in [0.1, 0.15) is 40.8 Å². The number of rotatable bonds is 9. The quantitative estimate of drug-likeness (QED) is 0.514. The van der Waals surface area contributed by atoms with E-state index in [0.717, 1.165) is 22.9 Å². The van der Waals surface area contributed by atoms with Crippen LogP contribution >= 0.6 is 0 Å². The number of carbonyl (C=O) groups is 1. The van der Waals surface area contributed by atoms with Crippen molar-refractivity contribution in [1.82, 2.24) is 14.8 Å². The van der Waals surface area contributed by atoms with Crippen LogP contribution in [0.4, 0.5) is 32.0 Å². The predicted octanol–water partition coefficient (Wildman–Crippen LogP) is 3.67. The molecule has 4 rings (SSSR count). The highest BCUT2D eigenvalue weighted by atomic mass is 19.3. The molecular weight excluding hydrogens is 478 g/mol. The standard InChI is InChI=1S/C23H24F6N4O2/c1-32-11-22(29,12-32)10-31-16-7-17(34)33(23(5-6-23)21(27)28)9-15(16)20(35)30-8-13-3-2-4-14(18(13)24)19(25)26/h2-4,7,9,19,21,31H,5-6,8,10-12H2,1H3,(H,30,35). The zero-order chi connectivity index (χ0) is 25.5. The third-order valence-corrected chi connectivity index (χ3v) is 6.43. The lowest BCUT2D eigenvalue weighted by Gasteiger charge is -2.42. The summed E-state index contributed by atoms with van der Waals surface area (Å²) < 4.78 is 83.1. The van der Waals surface area contributed by atoms with Crippen LogP contribution in [0.3, 0.4) is 0 Å². The summed E-state index contributed by atoms with van der Waals surface area (Å²) >= 11 is 0. The number of carbonyl (C=O) groups excluding carboxylic acids is 1. The number of hydrogen-bond donors (Lipinski definition) is 2. The molecule has 2 aliphatic rings. The summed E-state index contributed by atoms with van der Waals surface area (Å²) in [5.41, 5.74) is -5.42. The molecule has 1 aliphatic carbocycles. The van der Waals surface area contributed by atoms with E-state index < -0.39 is 53.5 Å². The third-order valence-electron chi connectivity index (χ3n) is 6.43. The van der Waals surface area contributed by atoms with E-state index in [1.54, 1.807) is 11.9 Å². The van der Waals surface area contributed by atoms with Crippen molar-refractivity contribution in [3.63, 3.8) is 0 Å². The van der Waals surface area contributed by atoms with Crippen molar-refractivity contribution in [3.05, 3.63) is 63.3 Å². The van der Waals surface area contributed by atoms with E-state index in [9.17, 15) is 35.9 Å². The summed E-state index contributed by atoms with van der Waals surface area (Å²) in [6, 6.07) is 4.32. The Morgan fingerprint density at radius 2 is 1.86 bits per heavy atom. The van der Waals surface area contributed by atoms with Gasteiger partial charge in [0.1, 0.15) is 11.4 Å². The highest BCUT2D eigenvalue weighted by Gasteiger charge is 2.53. The number of nitrogens with one attached hydrogen (secondary N) is 2. The number of alkyl halides is 5. The molecule has 12 heteroatoms. The summed E-state index contributed by atoms with van der Waals surface area (Å²) in [5, 5.41) is 5.10. The van der Waals surface area contributed by atoms with Gasteiger partial charge in [-0.3, -0.25) is 14.5 Å². The summed E-state index contributed by atoms with van der Waals surface area (Å²) in [5.74, 6) is -2.04. The number of nitrogens with zero attached hydrogens (tertiary/aromatic N) is 2. The van der Waals surface area contributed by atoms with Crippen molar-refractivity contribution in [2.24, 2.45) is 0 Å². The van der Waals surface area contributed by atoms with Gasteiger partial charge in [0.2, 0.25) is 0 Å². The van der Waals surface area contributed by atoms with Crippen molar-refractivity contribution in [2.75, 3.05) is 32.0 Å². The van der Waals surface area contributed by atoms with Crippen LogP contribution in [-0.4, -0.2) is 54.2 Å². The first-order valence-corrected chi connectivity index (χ1v) is 11.0. The molecule has 2 heterocycles. The number of benzene rings is 1. The Bertz CT molecular complexity index is 1180. The first kappa shape index (κ1) is 25.1. The molecule has 2 aromatic rings. The van der Waals surface area contributed by atoms with Gasteiger partial charge in [-0.05, 0) is 19.9 Å². The third kappa shape index (κ3) is 4.89. The molecule has 35 heavy (non-hydrogen) atoms. The first-order valence-electron chi connectivity index (χ1n) is 11.0. The van der Waals surface area contributed by atoms with Crippen LogP contribution in [0.2, 0.25) is 0 Å². The summed E-state index contributed by atoms with van der Waals surface area (Å²) in [4.78, 5) is 27.3. The fourth-order valence-electron chi connectivity index (χ4n) is 4.36. The van der Waals surface area contributed by atoms with E-state index in [1.165, 1.54) is 12.1 Å². The second-order valence-corrected chi connectivity index (χ2v) is 9.19. The fourth-order valence-corrected chi connectivity index (χ4v) is 4.36. The maximum absolute atomic E-state index is 14.7. The van der Waals surface area contributed by atoms with Gasteiger partial charge >= 0.3 is 0 Å².